The number of carbonyl (C=O) groups excluding carboxylic acids is 1. The average Bonchev–Trinajstić information content (AvgIpc) is 3.38. The lowest BCUT2D eigenvalue weighted by atomic mass is 9.91. The first kappa shape index (κ1) is 20.5. The maximum atomic E-state index is 13.7. The average molecular weight is 434 g/mol. The van der Waals surface area contributed by atoms with Gasteiger partial charge in [-0.3, -0.25) is 4.79 Å². The first-order chi connectivity index (χ1) is 15.7. The molecule has 1 unspecified atom stereocenters. The van der Waals surface area contributed by atoms with Gasteiger partial charge in [0.1, 0.15) is 5.75 Å². The van der Waals surface area contributed by atoms with Gasteiger partial charge in [-0.15, -0.1) is 0 Å². The van der Waals surface area contributed by atoms with Crippen molar-refractivity contribution in [2.45, 2.75) is 51.1 Å². The van der Waals surface area contributed by atoms with E-state index < -0.39 is 0 Å². The van der Waals surface area contributed by atoms with Gasteiger partial charge in [0.2, 0.25) is 0 Å². The van der Waals surface area contributed by atoms with Crippen LogP contribution in [-0.4, -0.2) is 40.7 Å². The van der Waals surface area contributed by atoms with Crippen LogP contribution >= 0.6 is 0 Å². The molecule has 1 atom stereocenters. The van der Waals surface area contributed by atoms with Crippen molar-refractivity contribution in [1.82, 2.24) is 20.3 Å². The summed E-state index contributed by atoms with van der Waals surface area (Å²) in [6.45, 7) is 2.76. The minimum absolute atomic E-state index is 0.0850. The summed E-state index contributed by atoms with van der Waals surface area (Å²) in [6, 6.07) is 10.1. The Labute approximate surface area is 186 Å². The lowest BCUT2D eigenvalue weighted by molar-refractivity contribution is 0.0643. The fourth-order valence-electron chi connectivity index (χ4n) is 4.81. The van der Waals surface area contributed by atoms with Crippen LogP contribution in [0, 0.1) is 6.92 Å². The third kappa shape index (κ3) is 3.92. The van der Waals surface area contributed by atoms with E-state index in [0.29, 0.717) is 17.4 Å². The van der Waals surface area contributed by atoms with E-state index >= 15 is 0 Å². The molecule has 9 heteroatoms. The zero-order chi connectivity index (χ0) is 22.1. The topological polar surface area (TPSA) is 107 Å². The molecule has 1 amide bonds. The fourth-order valence-corrected chi connectivity index (χ4v) is 4.81. The summed E-state index contributed by atoms with van der Waals surface area (Å²) in [5, 5.41) is 3.46. The Morgan fingerprint density at radius 3 is 2.97 bits per heavy atom. The molecule has 0 spiro atoms. The van der Waals surface area contributed by atoms with E-state index in [1.54, 1.807) is 0 Å². The normalized spacial score (nSPS) is 19.7. The number of allylic oxidation sites excluding steroid dienone is 1. The number of aromatic nitrogens is 1. The number of aryl methyl sites for hydroxylation is 1. The van der Waals surface area contributed by atoms with Gasteiger partial charge in [-0.1, -0.05) is 17.2 Å². The molecule has 1 aliphatic heterocycles. The van der Waals surface area contributed by atoms with E-state index in [4.69, 9.17) is 10.3 Å². The summed E-state index contributed by atoms with van der Waals surface area (Å²) < 4.78 is 7.60. The number of benzene rings is 1. The van der Waals surface area contributed by atoms with Crippen LogP contribution in [0.2, 0.25) is 0 Å². The van der Waals surface area contributed by atoms with Crippen LogP contribution in [0.1, 0.15) is 48.2 Å². The molecular formula is C23H27N7O2. The molecule has 9 nitrogen and oxygen atoms in total. The molecule has 2 heterocycles. The van der Waals surface area contributed by atoms with Gasteiger partial charge < -0.3 is 19.6 Å². The molecule has 1 fully saturated rings. The van der Waals surface area contributed by atoms with Crippen LogP contribution < -0.4 is 15.6 Å². The Morgan fingerprint density at radius 1 is 1.31 bits per heavy atom. The maximum Gasteiger partial charge on any atom is 0.255 e. The van der Waals surface area contributed by atoms with E-state index in [2.05, 4.69) is 25.8 Å². The van der Waals surface area contributed by atoms with Crippen LogP contribution in [0.15, 0.2) is 52.9 Å². The maximum absolute atomic E-state index is 13.7. The molecule has 0 radical (unpaired) electrons. The van der Waals surface area contributed by atoms with Crippen LogP contribution in [-0.2, 0) is 0 Å². The molecule has 2 aliphatic carbocycles. The third-order valence-corrected chi connectivity index (χ3v) is 6.47. The molecule has 2 N–H and O–H groups in total. The Bertz CT molecular complexity index is 1110. The highest BCUT2D eigenvalue weighted by molar-refractivity contribution is 5.95. The van der Waals surface area contributed by atoms with Crippen molar-refractivity contribution in [2.24, 2.45) is 5.11 Å². The van der Waals surface area contributed by atoms with Crippen molar-refractivity contribution in [3.63, 3.8) is 0 Å². The summed E-state index contributed by atoms with van der Waals surface area (Å²) in [6.07, 6.45) is 6.98. The zero-order valence-electron chi connectivity index (χ0n) is 18.1. The second-order valence-corrected chi connectivity index (χ2v) is 8.61. The zero-order valence-corrected chi connectivity index (χ0v) is 18.1. The number of azide groups is 1. The molecule has 1 aromatic carbocycles. The Balaban J connectivity index is 1.41. The molecule has 5 rings (SSSR count). The van der Waals surface area contributed by atoms with E-state index in [0.717, 1.165) is 50.0 Å². The molecular weight excluding hydrogens is 406 g/mol. The van der Waals surface area contributed by atoms with Crippen LogP contribution in [0.4, 0.5) is 0 Å². The fraction of sp³-hybridized carbons (Fsp3) is 0.435. The first-order valence-corrected chi connectivity index (χ1v) is 11.1. The molecule has 2 aromatic rings. The SMILES string of the molecule is Cc1cc(C(=O)N(C2CC2)C2CCC3=C(CNN3)C2)cn1-c1ccccc1OCN=[N+]=[N-]. The Morgan fingerprint density at radius 2 is 2.16 bits per heavy atom. The number of para-hydroxylation sites is 2. The lowest BCUT2D eigenvalue weighted by Crippen LogP contribution is -2.43. The number of nitrogens with zero attached hydrogens (tertiary/aromatic N) is 5. The number of ether oxygens (including phenoxy) is 1. The van der Waals surface area contributed by atoms with E-state index in [9.17, 15) is 4.79 Å². The van der Waals surface area contributed by atoms with Crippen LogP contribution in [0.5, 0.6) is 5.75 Å². The number of hydrazine groups is 1. The standard InChI is InChI=1S/C23H27N7O2/c1-15-10-17(13-29(15)21-4-2-3-5-22(21)32-14-26-28-24)23(31)30(18-6-7-18)19-8-9-20-16(11-19)12-25-27-20/h2-5,10,13,18-19,25,27H,6-9,11-12,14H2,1H3. The number of carbonyl (C=O) groups is 1. The molecule has 166 valence electrons. The van der Waals surface area contributed by atoms with Gasteiger partial charge in [-0.25, -0.2) is 5.43 Å². The van der Waals surface area contributed by atoms with E-state index in [-0.39, 0.29) is 18.7 Å². The highest BCUT2D eigenvalue weighted by Crippen LogP contribution is 2.37. The minimum atomic E-state index is -0.0850. The smallest absolute Gasteiger partial charge is 0.255 e. The van der Waals surface area contributed by atoms with Crippen LogP contribution in [0.25, 0.3) is 16.1 Å². The summed E-state index contributed by atoms with van der Waals surface area (Å²) in [4.78, 5) is 18.6. The third-order valence-electron chi connectivity index (χ3n) is 6.47. The molecule has 3 aliphatic rings. The Kier molecular flexibility index (Phi) is 5.51. The number of hydrogen-bond acceptors (Lipinski definition) is 5. The van der Waals surface area contributed by atoms with Gasteiger partial charge in [0.25, 0.3) is 5.91 Å². The number of rotatable bonds is 7. The Hall–Kier alpha value is -3.42. The van der Waals surface area contributed by atoms with Gasteiger partial charge in [0.05, 0.1) is 11.3 Å². The largest absolute Gasteiger partial charge is 0.485 e. The van der Waals surface area contributed by atoms with Gasteiger partial charge >= 0.3 is 0 Å². The van der Waals surface area contributed by atoms with Gasteiger partial charge in [0.15, 0.2) is 6.73 Å². The van der Waals surface area contributed by atoms with Gasteiger partial charge in [-0.05, 0) is 68.3 Å². The second-order valence-electron chi connectivity index (χ2n) is 8.61. The predicted octanol–water partition coefficient (Wildman–Crippen LogP) is 3.95. The van der Waals surface area contributed by atoms with Crippen molar-refractivity contribution in [1.29, 1.82) is 0 Å². The van der Waals surface area contributed by atoms with Crippen molar-refractivity contribution in [3.05, 3.63) is 69.5 Å². The predicted molar refractivity (Wildman–Crippen MR) is 120 cm³/mol. The summed E-state index contributed by atoms with van der Waals surface area (Å²) >= 11 is 0. The van der Waals surface area contributed by atoms with Crippen molar-refractivity contribution < 1.29 is 9.53 Å². The van der Waals surface area contributed by atoms with Crippen molar-refractivity contribution in [2.75, 3.05) is 13.3 Å². The number of amides is 1. The van der Waals surface area contributed by atoms with E-state index in [1.165, 1.54) is 11.3 Å². The van der Waals surface area contributed by atoms with E-state index in [1.807, 2.05) is 48.0 Å². The van der Waals surface area contributed by atoms with Gasteiger partial charge in [0, 0.05) is 41.1 Å². The quantitative estimate of drug-likeness (QED) is 0.392. The minimum Gasteiger partial charge on any atom is -0.485 e. The number of nitrogens with one attached hydrogen (secondary N) is 2. The monoisotopic (exact) mass is 433 g/mol. The number of hydrogen-bond donors (Lipinski definition) is 2. The molecule has 0 saturated heterocycles. The summed E-state index contributed by atoms with van der Waals surface area (Å²) in [5.41, 5.74) is 20.2. The molecule has 0 bridgehead atoms. The summed E-state index contributed by atoms with van der Waals surface area (Å²) in [7, 11) is 0. The second kappa shape index (κ2) is 8.61. The lowest BCUT2D eigenvalue weighted by Gasteiger charge is -2.35. The summed E-state index contributed by atoms with van der Waals surface area (Å²) in [5.74, 6) is 0.708. The van der Waals surface area contributed by atoms with Crippen molar-refractivity contribution >= 4 is 5.91 Å². The van der Waals surface area contributed by atoms with Crippen molar-refractivity contribution in [3.8, 4) is 11.4 Å². The first-order valence-electron chi connectivity index (χ1n) is 11.1. The van der Waals surface area contributed by atoms with Gasteiger partial charge in [-0.2, -0.15) is 0 Å². The molecule has 1 aromatic heterocycles. The molecule has 32 heavy (non-hydrogen) atoms. The van der Waals surface area contributed by atoms with Crippen LogP contribution in [0.3, 0.4) is 0 Å². The highest BCUT2D eigenvalue weighted by Gasteiger charge is 2.40. The molecule has 1 saturated carbocycles. The highest BCUT2D eigenvalue weighted by atomic mass is 16.5.